The maximum absolute atomic E-state index is 13.0. The zero-order valence-electron chi connectivity index (χ0n) is 18.4. The number of hydrogen-bond donors (Lipinski definition) is 3. The van der Waals surface area contributed by atoms with Gasteiger partial charge >= 0.3 is 5.69 Å². The van der Waals surface area contributed by atoms with Crippen LogP contribution < -0.4 is 11.0 Å². The van der Waals surface area contributed by atoms with Crippen molar-refractivity contribution in [2.45, 2.75) is 43.9 Å². The molecule has 4 rings (SSSR count). The van der Waals surface area contributed by atoms with E-state index in [1.54, 1.807) is 30.3 Å². The topological polar surface area (TPSA) is 115 Å². The number of piperidine rings is 1. The minimum atomic E-state index is -3.59. The number of nitrogens with one attached hydrogen (secondary N) is 3. The van der Waals surface area contributed by atoms with E-state index in [4.69, 9.17) is 0 Å². The molecule has 1 aliphatic heterocycles. The van der Waals surface area contributed by atoms with Crippen LogP contribution in [0.15, 0.2) is 52.2 Å². The highest BCUT2D eigenvalue weighted by atomic mass is 32.2. The summed E-state index contributed by atoms with van der Waals surface area (Å²) in [6.45, 7) is 6.85. The van der Waals surface area contributed by atoms with Gasteiger partial charge in [-0.25, -0.2) is 13.2 Å². The van der Waals surface area contributed by atoms with E-state index in [1.807, 2.05) is 12.1 Å². The molecule has 0 bridgehead atoms. The van der Waals surface area contributed by atoms with Crippen LogP contribution in [0.2, 0.25) is 0 Å². The SMILES string of the molecule is CC(C)(C)c1ccc(S(=O)(=O)N2CCC(C(=O)Nc3ccc4[nH]c(=O)[nH]c4c3)CC2)cc1. The average molecular weight is 457 g/mol. The van der Waals surface area contributed by atoms with Gasteiger partial charge < -0.3 is 15.3 Å². The van der Waals surface area contributed by atoms with E-state index >= 15 is 0 Å². The van der Waals surface area contributed by atoms with Crippen LogP contribution in [0.5, 0.6) is 0 Å². The number of nitrogens with zero attached hydrogens (tertiary/aromatic N) is 1. The van der Waals surface area contributed by atoms with E-state index in [9.17, 15) is 18.0 Å². The van der Waals surface area contributed by atoms with Gasteiger partial charge in [0.2, 0.25) is 15.9 Å². The van der Waals surface area contributed by atoms with Gasteiger partial charge in [0.25, 0.3) is 0 Å². The maximum Gasteiger partial charge on any atom is 0.323 e. The second kappa shape index (κ2) is 8.22. The summed E-state index contributed by atoms with van der Waals surface area (Å²) >= 11 is 0. The molecule has 2 aromatic carbocycles. The van der Waals surface area contributed by atoms with E-state index in [0.717, 1.165) is 5.56 Å². The van der Waals surface area contributed by atoms with Crippen molar-refractivity contribution in [1.29, 1.82) is 0 Å². The van der Waals surface area contributed by atoms with Crippen molar-refractivity contribution >= 4 is 32.7 Å². The minimum absolute atomic E-state index is 0.0467. The lowest BCUT2D eigenvalue weighted by Gasteiger charge is -2.30. The number of imidazole rings is 1. The van der Waals surface area contributed by atoms with Crippen LogP contribution in [-0.2, 0) is 20.2 Å². The van der Waals surface area contributed by atoms with Crippen LogP contribution in [0.25, 0.3) is 11.0 Å². The largest absolute Gasteiger partial charge is 0.326 e. The summed E-state index contributed by atoms with van der Waals surface area (Å²) in [5, 5.41) is 2.88. The number of hydrogen-bond acceptors (Lipinski definition) is 4. The van der Waals surface area contributed by atoms with Gasteiger partial charge in [0.05, 0.1) is 15.9 Å². The van der Waals surface area contributed by atoms with Crippen LogP contribution in [0.3, 0.4) is 0 Å². The number of sulfonamides is 1. The van der Waals surface area contributed by atoms with Crippen LogP contribution in [-0.4, -0.2) is 41.7 Å². The Kier molecular flexibility index (Phi) is 5.72. The van der Waals surface area contributed by atoms with Crippen LogP contribution >= 0.6 is 0 Å². The maximum atomic E-state index is 13.0. The number of rotatable bonds is 4. The monoisotopic (exact) mass is 456 g/mol. The number of aromatic amines is 2. The fourth-order valence-corrected chi connectivity index (χ4v) is 5.46. The number of H-pyrrole nitrogens is 2. The molecule has 0 aliphatic carbocycles. The molecule has 3 aromatic rings. The molecule has 0 radical (unpaired) electrons. The number of fused-ring (bicyclic) bond motifs is 1. The fraction of sp³-hybridized carbons (Fsp3) is 0.391. The Morgan fingerprint density at radius 2 is 1.62 bits per heavy atom. The molecule has 2 heterocycles. The van der Waals surface area contributed by atoms with Crippen molar-refractivity contribution in [3.8, 4) is 0 Å². The Balaban J connectivity index is 1.39. The molecule has 0 unspecified atom stereocenters. The lowest BCUT2D eigenvalue weighted by atomic mass is 9.87. The van der Waals surface area contributed by atoms with Gasteiger partial charge in [-0.1, -0.05) is 32.9 Å². The Bertz CT molecular complexity index is 1290. The summed E-state index contributed by atoms with van der Waals surface area (Å²) in [6.07, 6.45) is 0.905. The molecule has 9 heteroatoms. The van der Waals surface area contributed by atoms with Crippen molar-refractivity contribution < 1.29 is 13.2 Å². The first-order valence-corrected chi connectivity index (χ1v) is 12.1. The fourth-order valence-electron chi connectivity index (χ4n) is 3.99. The molecular weight excluding hydrogens is 428 g/mol. The number of anilines is 1. The van der Waals surface area contributed by atoms with Gasteiger partial charge in [-0.15, -0.1) is 0 Å². The van der Waals surface area contributed by atoms with Crippen LogP contribution in [0, 0.1) is 5.92 Å². The molecule has 0 spiro atoms. The lowest BCUT2D eigenvalue weighted by molar-refractivity contribution is -0.120. The highest BCUT2D eigenvalue weighted by Crippen LogP contribution is 2.28. The van der Waals surface area contributed by atoms with E-state index in [2.05, 4.69) is 36.1 Å². The number of carbonyl (C=O) groups is 1. The van der Waals surface area contributed by atoms with Gasteiger partial charge in [0.15, 0.2) is 0 Å². The first kappa shape index (κ1) is 22.3. The van der Waals surface area contributed by atoms with Gasteiger partial charge in [-0.05, 0) is 54.2 Å². The molecule has 1 amide bonds. The third kappa shape index (κ3) is 4.49. The Morgan fingerprint density at radius 3 is 2.25 bits per heavy atom. The molecule has 1 aromatic heterocycles. The molecule has 1 saturated heterocycles. The van der Waals surface area contributed by atoms with Crippen molar-refractivity contribution in [1.82, 2.24) is 14.3 Å². The number of amides is 1. The molecule has 1 aliphatic rings. The first-order chi connectivity index (χ1) is 15.0. The summed E-state index contributed by atoms with van der Waals surface area (Å²) in [7, 11) is -3.59. The zero-order chi connectivity index (χ0) is 23.1. The highest BCUT2D eigenvalue weighted by Gasteiger charge is 2.32. The van der Waals surface area contributed by atoms with E-state index in [-0.39, 0.29) is 27.8 Å². The molecule has 3 N–H and O–H groups in total. The van der Waals surface area contributed by atoms with Gasteiger partial charge in [0, 0.05) is 24.7 Å². The smallest absolute Gasteiger partial charge is 0.323 e. The predicted molar refractivity (Wildman–Crippen MR) is 124 cm³/mol. The summed E-state index contributed by atoms with van der Waals surface area (Å²) < 4.78 is 27.5. The Labute approximate surface area is 187 Å². The lowest BCUT2D eigenvalue weighted by Crippen LogP contribution is -2.41. The zero-order valence-corrected chi connectivity index (χ0v) is 19.3. The van der Waals surface area contributed by atoms with E-state index < -0.39 is 10.0 Å². The molecule has 0 atom stereocenters. The van der Waals surface area contributed by atoms with Crippen molar-refractivity contribution in [2.24, 2.45) is 5.92 Å². The third-order valence-corrected chi connectivity index (χ3v) is 7.88. The average Bonchev–Trinajstić information content (AvgIpc) is 3.12. The van der Waals surface area contributed by atoms with Crippen LogP contribution in [0.1, 0.15) is 39.2 Å². The van der Waals surface area contributed by atoms with Crippen molar-refractivity contribution in [2.75, 3.05) is 18.4 Å². The van der Waals surface area contributed by atoms with Crippen LogP contribution in [0.4, 0.5) is 5.69 Å². The van der Waals surface area contributed by atoms with Gasteiger partial charge in [-0.3, -0.25) is 4.79 Å². The minimum Gasteiger partial charge on any atom is -0.326 e. The summed E-state index contributed by atoms with van der Waals surface area (Å²) in [5.41, 5.74) is 2.60. The molecule has 32 heavy (non-hydrogen) atoms. The normalized spacial score (nSPS) is 16.3. The Hall–Kier alpha value is -2.91. The van der Waals surface area contributed by atoms with E-state index in [0.29, 0.717) is 42.7 Å². The van der Waals surface area contributed by atoms with Crippen molar-refractivity contribution in [3.63, 3.8) is 0 Å². The molecular formula is C23H28N4O4S. The summed E-state index contributed by atoms with van der Waals surface area (Å²) in [5.74, 6) is -0.417. The van der Waals surface area contributed by atoms with Gasteiger partial charge in [-0.2, -0.15) is 4.31 Å². The molecule has 8 nitrogen and oxygen atoms in total. The predicted octanol–water partition coefficient (Wildman–Crippen LogP) is 3.19. The second-order valence-corrected chi connectivity index (χ2v) is 11.2. The third-order valence-electron chi connectivity index (χ3n) is 5.97. The summed E-state index contributed by atoms with van der Waals surface area (Å²) in [6, 6.07) is 12.2. The number of aromatic nitrogens is 2. The van der Waals surface area contributed by atoms with Crippen molar-refractivity contribution in [3.05, 3.63) is 58.5 Å². The van der Waals surface area contributed by atoms with Gasteiger partial charge in [0.1, 0.15) is 0 Å². The Morgan fingerprint density at radius 1 is 1.00 bits per heavy atom. The molecule has 170 valence electrons. The second-order valence-electron chi connectivity index (χ2n) is 9.28. The standard InChI is InChI=1S/C23H28N4O4S/c1-23(2,3)16-4-7-18(8-5-16)32(30,31)27-12-10-15(11-13-27)21(28)24-17-6-9-19-20(14-17)26-22(29)25-19/h4-9,14-15H,10-13H2,1-3H3,(H,24,28)(H2,25,26,29). The number of benzene rings is 2. The molecule has 0 saturated carbocycles. The summed E-state index contributed by atoms with van der Waals surface area (Å²) in [4.78, 5) is 29.7. The molecule has 1 fully saturated rings. The first-order valence-electron chi connectivity index (χ1n) is 10.7. The highest BCUT2D eigenvalue weighted by molar-refractivity contribution is 7.89. The quantitative estimate of drug-likeness (QED) is 0.559. The van der Waals surface area contributed by atoms with E-state index in [1.165, 1.54) is 4.31 Å². The number of carbonyl (C=O) groups excluding carboxylic acids is 1.